The predicted octanol–water partition coefficient (Wildman–Crippen LogP) is 2.13. The zero-order valence-corrected chi connectivity index (χ0v) is 11.1. The van der Waals surface area contributed by atoms with E-state index in [4.69, 9.17) is 5.11 Å². The Balaban J connectivity index is 2.21. The summed E-state index contributed by atoms with van der Waals surface area (Å²) < 4.78 is 0. The van der Waals surface area contributed by atoms with Crippen LogP contribution >= 0.6 is 0 Å². The topological polar surface area (TPSA) is 82.5 Å². The van der Waals surface area contributed by atoms with Crippen LogP contribution in [0.1, 0.15) is 43.0 Å². The number of hydrogen-bond acceptors (Lipinski definition) is 4. The van der Waals surface area contributed by atoms with Crippen molar-refractivity contribution in [1.29, 1.82) is 0 Å². The quantitative estimate of drug-likeness (QED) is 0.776. The fourth-order valence-corrected chi connectivity index (χ4v) is 2.60. The second-order valence-electron chi connectivity index (χ2n) is 5.47. The first-order valence-electron chi connectivity index (χ1n) is 6.63. The monoisotopic (exact) mass is 264 g/mol. The van der Waals surface area contributed by atoms with Crippen molar-refractivity contribution in [3.63, 3.8) is 0 Å². The fraction of sp³-hybridized carbons (Fsp3) is 0.571. The van der Waals surface area contributed by atoms with Crippen molar-refractivity contribution in [2.45, 2.75) is 38.1 Å². The van der Waals surface area contributed by atoms with E-state index in [2.05, 4.69) is 17.2 Å². The number of aliphatic hydroxyl groups excluding tert-OH is 1. The number of aromatic carboxylic acids is 1. The van der Waals surface area contributed by atoms with Crippen molar-refractivity contribution in [3.05, 3.63) is 24.0 Å². The van der Waals surface area contributed by atoms with Crippen molar-refractivity contribution in [2.24, 2.45) is 5.92 Å². The van der Waals surface area contributed by atoms with Crippen LogP contribution in [0.5, 0.6) is 0 Å². The number of carboxylic acid groups (broad SMARTS) is 1. The molecule has 0 saturated heterocycles. The van der Waals surface area contributed by atoms with Crippen molar-refractivity contribution in [3.8, 4) is 0 Å². The smallest absolute Gasteiger partial charge is 0.337 e. The van der Waals surface area contributed by atoms with Gasteiger partial charge in [0.25, 0.3) is 0 Å². The summed E-state index contributed by atoms with van der Waals surface area (Å²) >= 11 is 0. The summed E-state index contributed by atoms with van der Waals surface area (Å²) in [6, 6.07) is 1.47. The first kappa shape index (κ1) is 13.8. The molecule has 1 heterocycles. The minimum Gasteiger partial charge on any atom is -0.478 e. The third kappa shape index (κ3) is 3.04. The molecule has 1 aliphatic carbocycles. The van der Waals surface area contributed by atoms with Crippen LogP contribution < -0.4 is 5.32 Å². The van der Waals surface area contributed by atoms with Crippen molar-refractivity contribution in [1.82, 2.24) is 4.98 Å². The number of pyridine rings is 1. The molecule has 0 unspecified atom stereocenters. The van der Waals surface area contributed by atoms with E-state index in [1.165, 1.54) is 18.5 Å². The maximum atomic E-state index is 11.2. The highest BCUT2D eigenvalue weighted by Crippen LogP contribution is 2.34. The van der Waals surface area contributed by atoms with E-state index in [0.29, 0.717) is 11.6 Å². The molecule has 0 radical (unpaired) electrons. The van der Waals surface area contributed by atoms with Crippen LogP contribution in [0.4, 0.5) is 5.69 Å². The Morgan fingerprint density at radius 1 is 1.53 bits per heavy atom. The van der Waals surface area contributed by atoms with Crippen molar-refractivity contribution < 1.29 is 15.0 Å². The van der Waals surface area contributed by atoms with Crippen molar-refractivity contribution in [2.75, 3.05) is 11.9 Å². The van der Waals surface area contributed by atoms with Gasteiger partial charge < -0.3 is 15.5 Å². The van der Waals surface area contributed by atoms with Gasteiger partial charge in [0, 0.05) is 6.20 Å². The third-order valence-electron chi connectivity index (χ3n) is 3.99. The molecule has 0 aromatic carbocycles. The lowest BCUT2D eigenvalue weighted by Crippen LogP contribution is -2.45. The molecule has 0 aliphatic heterocycles. The van der Waals surface area contributed by atoms with Gasteiger partial charge in [-0.1, -0.05) is 6.92 Å². The number of hydrogen-bond donors (Lipinski definition) is 3. The standard InChI is InChI=1S/C14H20N2O3/c1-10-2-5-14(9-17,6-3-10)16-12-8-15-7-4-11(12)13(18)19/h4,7-8,10,16-17H,2-3,5-6,9H2,1H3,(H,18,19). The molecular formula is C14H20N2O3. The summed E-state index contributed by atoms with van der Waals surface area (Å²) in [5.41, 5.74) is 0.264. The number of aromatic nitrogens is 1. The summed E-state index contributed by atoms with van der Waals surface area (Å²) in [4.78, 5) is 15.1. The molecule has 2 rings (SSSR count). The van der Waals surface area contributed by atoms with Crippen molar-refractivity contribution >= 4 is 11.7 Å². The van der Waals surface area contributed by atoms with E-state index >= 15 is 0 Å². The van der Waals surface area contributed by atoms with Crippen LogP contribution in [0.15, 0.2) is 18.5 Å². The first-order chi connectivity index (χ1) is 9.06. The summed E-state index contributed by atoms with van der Waals surface area (Å²) in [6.07, 6.45) is 6.74. The molecular weight excluding hydrogens is 244 g/mol. The van der Waals surface area contributed by atoms with Gasteiger partial charge in [-0.15, -0.1) is 0 Å². The van der Waals surface area contributed by atoms with E-state index < -0.39 is 11.5 Å². The zero-order chi connectivity index (χ0) is 13.9. The number of nitrogens with zero attached hydrogens (tertiary/aromatic N) is 1. The summed E-state index contributed by atoms with van der Waals surface area (Å²) in [6.45, 7) is 2.21. The molecule has 0 bridgehead atoms. The lowest BCUT2D eigenvalue weighted by molar-refractivity contribution is 0.0697. The highest BCUT2D eigenvalue weighted by molar-refractivity contribution is 5.94. The van der Waals surface area contributed by atoms with Gasteiger partial charge >= 0.3 is 5.97 Å². The number of rotatable bonds is 4. The predicted molar refractivity (Wildman–Crippen MR) is 72.3 cm³/mol. The molecule has 1 fully saturated rings. The number of carboxylic acids is 1. The molecule has 1 aromatic rings. The van der Waals surface area contributed by atoms with Gasteiger partial charge in [-0.2, -0.15) is 0 Å². The van der Waals surface area contributed by atoms with E-state index in [-0.39, 0.29) is 12.2 Å². The number of carbonyl (C=O) groups is 1. The Labute approximate surface area is 112 Å². The molecule has 5 nitrogen and oxygen atoms in total. The molecule has 0 spiro atoms. The van der Waals surface area contributed by atoms with Gasteiger partial charge in [-0.3, -0.25) is 4.98 Å². The average molecular weight is 264 g/mol. The first-order valence-corrected chi connectivity index (χ1v) is 6.63. The normalized spacial score (nSPS) is 26.9. The van der Waals surface area contributed by atoms with E-state index in [0.717, 1.165) is 25.7 Å². The van der Waals surface area contributed by atoms with Gasteiger partial charge in [-0.05, 0) is 37.7 Å². The summed E-state index contributed by atoms with van der Waals surface area (Å²) in [5.74, 6) is -0.323. The van der Waals surface area contributed by atoms with Crippen LogP contribution in [0, 0.1) is 5.92 Å². The molecule has 3 N–H and O–H groups in total. The summed E-state index contributed by atoms with van der Waals surface area (Å²) in [7, 11) is 0. The average Bonchev–Trinajstić information content (AvgIpc) is 2.42. The van der Waals surface area contributed by atoms with Crippen LogP contribution in [0.2, 0.25) is 0 Å². The van der Waals surface area contributed by atoms with E-state index in [9.17, 15) is 9.90 Å². The Hall–Kier alpha value is -1.62. The van der Waals surface area contributed by atoms with E-state index in [1.807, 2.05) is 0 Å². The fourth-order valence-electron chi connectivity index (χ4n) is 2.60. The van der Waals surface area contributed by atoms with Crippen LogP contribution in [0.3, 0.4) is 0 Å². The van der Waals surface area contributed by atoms with Gasteiger partial charge in [0.2, 0.25) is 0 Å². The number of aliphatic hydroxyl groups is 1. The van der Waals surface area contributed by atoms with Gasteiger partial charge in [-0.25, -0.2) is 4.79 Å². The zero-order valence-electron chi connectivity index (χ0n) is 11.1. The molecule has 1 aliphatic rings. The van der Waals surface area contributed by atoms with Crippen LogP contribution in [-0.4, -0.2) is 33.3 Å². The second-order valence-corrected chi connectivity index (χ2v) is 5.47. The third-order valence-corrected chi connectivity index (χ3v) is 3.99. The largest absolute Gasteiger partial charge is 0.478 e. The minimum absolute atomic E-state index is 0.00761. The Bertz CT molecular complexity index is 454. The Morgan fingerprint density at radius 2 is 2.21 bits per heavy atom. The van der Waals surface area contributed by atoms with Gasteiger partial charge in [0.15, 0.2) is 0 Å². The molecule has 19 heavy (non-hydrogen) atoms. The summed E-state index contributed by atoms with van der Waals surface area (Å²) in [5, 5.41) is 22.1. The van der Waals surface area contributed by atoms with Crippen LogP contribution in [0.25, 0.3) is 0 Å². The molecule has 5 heteroatoms. The highest BCUT2D eigenvalue weighted by Gasteiger charge is 2.34. The lowest BCUT2D eigenvalue weighted by atomic mass is 9.77. The molecule has 0 amide bonds. The Kier molecular flexibility index (Phi) is 4.04. The maximum absolute atomic E-state index is 11.2. The maximum Gasteiger partial charge on any atom is 0.337 e. The molecule has 1 saturated carbocycles. The molecule has 104 valence electrons. The minimum atomic E-state index is -0.984. The lowest BCUT2D eigenvalue weighted by Gasteiger charge is -2.39. The number of anilines is 1. The number of nitrogens with one attached hydrogen (secondary N) is 1. The SMILES string of the molecule is CC1CCC(CO)(Nc2cnccc2C(=O)O)CC1. The second kappa shape index (κ2) is 5.57. The van der Waals surface area contributed by atoms with Crippen LogP contribution in [-0.2, 0) is 0 Å². The van der Waals surface area contributed by atoms with Gasteiger partial charge in [0.05, 0.1) is 29.6 Å². The molecule has 0 atom stereocenters. The highest BCUT2D eigenvalue weighted by atomic mass is 16.4. The van der Waals surface area contributed by atoms with E-state index in [1.54, 1.807) is 0 Å². The Morgan fingerprint density at radius 3 is 2.79 bits per heavy atom. The van der Waals surface area contributed by atoms with Gasteiger partial charge in [0.1, 0.15) is 0 Å². The molecule has 1 aromatic heterocycles.